The molecule has 0 amide bonds. The summed E-state index contributed by atoms with van der Waals surface area (Å²) in [5, 5.41) is 10.8. The first-order valence-corrected chi connectivity index (χ1v) is 8.21. The highest BCUT2D eigenvalue weighted by Crippen LogP contribution is 2.18. The van der Waals surface area contributed by atoms with Crippen molar-refractivity contribution in [3.05, 3.63) is 21.9 Å². The first-order valence-electron chi connectivity index (χ1n) is 7.33. The maximum atomic E-state index is 8.71. The molecule has 1 saturated heterocycles. The normalized spacial score (nSPS) is 18.9. The SMILES string of the molecule is CCN(Cc1cc(C#CCO)cs1)CC1CCCCO1. The van der Waals surface area contributed by atoms with E-state index in [0.717, 1.165) is 31.8 Å². The summed E-state index contributed by atoms with van der Waals surface area (Å²) in [6, 6.07) is 2.12. The Morgan fingerprint density at radius 3 is 3.10 bits per heavy atom. The molecule has 1 N–H and O–H groups in total. The highest BCUT2D eigenvalue weighted by molar-refractivity contribution is 7.10. The van der Waals surface area contributed by atoms with Crippen LogP contribution in [0.3, 0.4) is 0 Å². The first kappa shape index (κ1) is 15.5. The molecule has 1 aliphatic rings. The maximum absolute atomic E-state index is 8.71. The van der Waals surface area contributed by atoms with Crippen molar-refractivity contribution in [2.45, 2.75) is 38.8 Å². The topological polar surface area (TPSA) is 32.7 Å². The molecule has 2 heterocycles. The fourth-order valence-corrected chi connectivity index (χ4v) is 3.29. The van der Waals surface area contributed by atoms with E-state index in [0.29, 0.717) is 6.10 Å². The fourth-order valence-electron chi connectivity index (χ4n) is 2.44. The molecular formula is C16H23NO2S. The number of aliphatic hydroxyl groups excluding tert-OH is 1. The van der Waals surface area contributed by atoms with E-state index in [1.165, 1.54) is 24.1 Å². The zero-order chi connectivity index (χ0) is 14.2. The molecule has 0 aromatic carbocycles. The van der Waals surface area contributed by atoms with E-state index in [1.807, 2.05) is 0 Å². The standard InChI is InChI=1S/C16H23NO2S/c1-2-17(11-15-7-3-4-9-19-15)12-16-10-14(13-20-16)6-5-8-18/h10,13,15,18H,2-4,7-9,11-12H2,1H3. The van der Waals surface area contributed by atoms with Crippen LogP contribution in [0.15, 0.2) is 11.4 Å². The number of thiophene rings is 1. The van der Waals surface area contributed by atoms with E-state index in [1.54, 1.807) is 11.3 Å². The molecule has 0 spiro atoms. The Morgan fingerprint density at radius 2 is 2.40 bits per heavy atom. The van der Waals surface area contributed by atoms with E-state index >= 15 is 0 Å². The summed E-state index contributed by atoms with van der Waals surface area (Å²) in [7, 11) is 0. The second-order valence-corrected chi connectivity index (χ2v) is 6.07. The highest BCUT2D eigenvalue weighted by Gasteiger charge is 2.17. The molecule has 0 radical (unpaired) electrons. The summed E-state index contributed by atoms with van der Waals surface area (Å²) >= 11 is 1.74. The number of nitrogens with zero attached hydrogens (tertiary/aromatic N) is 1. The Bertz CT molecular complexity index is 455. The zero-order valence-corrected chi connectivity index (χ0v) is 12.9. The number of hydrogen-bond acceptors (Lipinski definition) is 4. The molecule has 1 aliphatic heterocycles. The van der Waals surface area contributed by atoms with Gasteiger partial charge in [-0.05, 0) is 31.9 Å². The van der Waals surface area contributed by atoms with Gasteiger partial charge in [0, 0.05) is 35.5 Å². The van der Waals surface area contributed by atoms with E-state index in [2.05, 4.69) is 35.1 Å². The average Bonchev–Trinajstić information content (AvgIpc) is 2.93. The predicted molar refractivity (Wildman–Crippen MR) is 82.8 cm³/mol. The van der Waals surface area contributed by atoms with E-state index < -0.39 is 0 Å². The van der Waals surface area contributed by atoms with Crippen LogP contribution in [0, 0.1) is 11.8 Å². The molecule has 4 heteroatoms. The molecule has 0 aliphatic carbocycles. The third kappa shape index (κ3) is 4.92. The molecule has 3 nitrogen and oxygen atoms in total. The maximum Gasteiger partial charge on any atom is 0.104 e. The van der Waals surface area contributed by atoms with E-state index in [4.69, 9.17) is 9.84 Å². The number of aliphatic hydroxyl groups is 1. The second-order valence-electron chi connectivity index (χ2n) is 5.08. The lowest BCUT2D eigenvalue weighted by Crippen LogP contribution is -2.35. The van der Waals surface area contributed by atoms with Crippen molar-refractivity contribution in [2.24, 2.45) is 0 Å². The number of likely N-dealkylation sites (N-methyl/N-ethyl adjacent to an activating group) is 1. The van der Waals surface area contributed by atoms with Crippen molar-refractivity contribution in [2.75, 3.05) is 26.3 Å². The van der Waals surface area contributed by atoms with Crippen molar-refractivity contribution in [1.29, 1.82) is 0 Å². The minimum atomic E-state index is -0.0781. The molecule has 1 unspecified atom stereocenters. The van der Waals surface area contributed by atoms with Crippen LogP contribution >= 0.6 is 11.3 Å². The van der Waals surface area contributed by atoms with Gasteiger partial charge >= 0.3 is 0 Å². The van der Waals surface area contributed by atoms with Crippen molar-refractivity contribution < 1.29 is 9.84 Å². The minimum Gasteiger partial charge on any atom is -0.384 e. The first-order chi connectivity index (χ1) is 9.81. The lowest BCUT2D eigenvalue weighted by atomic mass is 10.1. The Hall–Kier alpha value is -0.860. The van der Waals surface area contributed by atoms with Crippen molar-refractivity contribution in [3.63, 3.8) is 0 Å². The smallest absolute Gasteiger partial charge is 0.104 e. The van der Waals surface area contributed by atoms with Gasteiger partial charge < -0.3 is 9.84 Å². The van der Waals surface area contributed by atoms with Gasteiger partial charge in [0.25, 0.3) is 0 Å². The number of rotatable bonds is 5. The summed E-state index contributed by atoms with van der Waals surface area (Å²) < 4.78 is 5.82. The summed E-state index contributed by atoms with van der Waals surface area (Å²) in [6.07, 6.45) is 4.09. The second kappa shape index (κ2) is 8.43. The molecule has 110 valence electrons. The quantitative estimate of drug-likeness (QED) is 0.847. The molecular weight excluding hydrogens is 270 g/mol. The molecule has 1 aromatic heterocycles. The highest BCUT2D eigenvalue weighted by atomic mass is 32.1. The van der Waals surface area contributed by atoms with Gasteiger partial charge in [0.2, 0.25) is 0 Å². The van der Waals surface area contributed by atoms with Gasteiger partial charge in [-0.15, -0.1) is 11.3 Å². The minimum absolute atomic E-state index is 0.0781. The van der Waals surface area contributed by atoms with Gasteiger partial charge in [0.1, 0.15) is 6.61 Å². The zero-order valence-electron chi connectivity index (χ0n) is 12.1. The monoisotopic (exact) mass is 293 g/mol. The van der Waals surface area contributed by atoms with Crippen LogP contribution in [0.4, 0.5) is 0 Å². The summed E-state index contributed by atoms with van der Waals surface area (Å²) in [4.78, 5) is 3.76. The van der Waals surface area contributed by atoms with Gasteiger partial charge in [0.05, 0.1) is 6.10 Å². The number of ether oxygens (including phenoxy) is 1. The van der Waals surface area contributed by atoms with Gasteiger partial charge in [-0.3, -0.25) is 4.90 Å². The van der Waals surface area contributed by atoms with Gasteiger partial charge in [-0.25, -0.2) is 0 Å². The van der Waals surface area contributed by atoms with Gasteiger partial charge in [-0.2, -0.15) is 0 Å². The summed E-state index contributed by atoms with van der Waals surface area (Å²) in [5.41, 5.74) is 1.00. The Kier molecular flexibility index (Phi) is 6.55. The van der Waals surface area contributed by atoms with Crippen LogP contribution in [0.1, 0.15) is 36.6 Å². The lowest BCUT2D eigenvalue weighted by Gasteiger charge is -2.28. The largest absolute Gasteiger partial charge is 0.384 e. The third-order valence-electron chi connectivity index (χ3n) is 3.53. The van der Waals surface area contributed by atoms with Crippen LogP contribution in [0.2, 0.25) is 0 Å². The molecule has 20 heavy (non-hydrogen) atoms. The van der Waals surface area contributed by atoms with Crippen molar-refractivity contribution >= 4 is 11.3 Å². The average molecular weight is 293 g/mol. The third-order valence-corrected chi connectivity index (χ3v) is 4.45. The molecule has 2 rings (SSSR count). The summed E-state index contributed by atoms with van der Waals surface area (Å²) in [6.45, 7) is 6.06. The van der Waals surface area contributed by atoms with Crippen LogP contribution in [-0.2, 0) is 11.3 Å². The van der Waals surface area contributed by atoms with Crippen LogP contribution in [0.5, 0.6) is 0 Å². The Labute approximate surface area is 125 Å². The van der Waals surface area contributed by atoms with Crippen LogP contribution in [0.25, 0.3) is 0 Å². The van der Waals surface area contributed by atoms with E-state index in [9.17, 15) is 0 Å². The molecule has 0 bridgehead atoms. The predicted octanol–water partition coefficient (Wildman–Crippen LogP) is 2.48. The lowest BCUT2D eigenvalue weighted by molar-refractivity contribution is -0.00608. The molecule has 1 fully saturated rings. The Morgan fingerprint density at radius 1 is 1.50 bits per heavy atom. The van der Waals surface area contributed by atoms with Crippen molar-refractivity contribution in [3.8, 4) is 11.8 Å². The molecule has 1 aromatic rings. The fraction of sp³-hybridized carbons (Fsp3) is 0.625. The van der Waals surface area contributed by atoms with Crippen LogP contribution < -0.4 is 0 Å². The molecule has 0 saturated carbocycles. The Balaban J connectivity index is 1.87. The number of hydrogen-bond donors (Lipinski definition) is 1. The summed E-state index contributed by atoms with van der Waals surface area (Å²) in [5.74, 6) is 5.64. The van der Waals surface area contributed by atoms with Crippen molar-refractivity contribution in [1.82, 2.24) is 4.90 Å². The van der Waals surface area contributed by atoms with E-state index in [-0.39, 0.29) is 6.61 Å². The van der Waals surface area contributed by atoms with Crippen LogP contribution in [-0.4, -0.2) is 42.4 Å². The van der Waals surface area contributed by atoms with Gasteiger partial charge in [-0.1, -0.05) is 18.8 Å². The van der Waals surface area contributed by atoms with Gasteiger partial charge in [0.15, 0.2) is 0 Å². The molecule has 1 atom stereocenters.